The van der Waals surface area contributed by atoms with E-state index in [9.17, 15) is 8.42 Å². The Morgan fingerprint density at radius 1 is 1.30 bits per heavy atom. The molecule has 1 aliphatic heterocycles. The number of fused-ring (bicyclic) bond motifs is 1. The Labute approximate surface area is 127 Å². The standard InChI is InChI=1S/C15H21NO2S2/c1-11-15(2,3)13-10-12(6-7-14(13)16(11)4)20(17,18)9-5-8-19/h6-7,10H,5,8-9H2,1-4H3/p+1. The smallest absolute Gasteiger partial charge is 0.209 e. The SMILES string of the molecule is CC1=[N+](C)c2ccc(S(=O)(=O)CCCS)cc2C1(C)C. The molecule has 1 aliphatic rings. The van der Waals surface area contributed by atoms with Crippen molar-refractivity contribution in [1.29, 1.82) is 0 Å². The minimum Gasteiger partial charge on any atom is -0.224 e. The highest BCUT2D eigenvalue weighted by molar-refractivity contribution is 7.91. The molecule has 0 saturated heterocycles. The fourth-order valence-electron chi connectivity index (χ4n) is 2.67. The molecule has 1 aromatic carbocycles. The molecule has 0 aliphatic carbocycles. The van der Waals surface area contributed by atoms with E-state index in [0.717, 1.165) is 11.3 Å². The van der Waals surface area contributed by atoms with E-state index < -0.39 is 9.84 Å². The Balaban J connectivity index is 2.50. The van der Waals surface area contributed by atoms with Crippen LogP contribution in [0.5, 0.6) is 0 Å². The van der Waals surface area contributed by atoms with Crippen molar-refractivity contribution in [3.05, 3.63) is 23.8 Å². The predicted molar refractivity (Wildman–Crippen MR) is 86.5 cm³/mol. The second-order valence-corrected chi connectivity index (χ2v) is 8.40. The van der Waals surface area contributed by atoms with Crippen molar-refractivity contribution in [1.82, 2.24) is 0 Å². The molecule has 0 fully saturated rings. The van der Waals surface area contributed by atoms with Gasteiger partial charge in [0.05, 0.1) is 16.1 Å². The van der Waals surface area contributed by atoms with Crippen molar-refractivity contribution in [2.24, 2.45) is 0 Å². The van der Waals surface area contributed by atoms with Gasteiger partial charge in [-0.1, -0.05) is 0 Å². The van der Waals surface area contributed by atoms with Crippen LogP contribution in [-0.4, -0.2) is 37.3 Å². The fourth-order valence-corrected chi connectivity index (χ4v) is 4.37. The van der Waals surface area contributed by atoms with Crippen molar-refractivity contribution in [2.45, 2.75) is 37.5 Å². The average Bonchev–Trinajstić information content (AvgIpc) is 2.58. The first-order valence-electron chi connectivity index (χ1n) is 6.77. The Morgan fingerprint density at radius 2 is 1.95 bits per heavy atom. The summed E-state index contributed by atoms with van der Waals surface area (Å²) in [6, 6.07) is 5.48. The van der Waals surface area contributed by atoms with Crippen molar-refractivity contribution in [3.63, 3.8) is 0 Å². The van der Waals surface area contributed by atoms with E-state index in [1.165, 1.54) is 5.71 Å². The number of thiol groups is 1. The van der Waals surface area contributed by atoms with E-state index in [1.807, 2.05) is 19.2 Å². The van der Waals surface area contributed by atoms with E-state index in [1.54, 1.807) is 6.07 Å². The maximum absolute atomic E-state index is 12.3. The molecule has 3 nitrogen and oxygen atoms in total. The third-order valence-corrected chi connectivity index (χ3v) is 6.46. The number of benzene rings is 1. The van der Waals surface area contributed by atoms with Gasteiger partial charge in [0.15, 0.2) is 15.5 Å². The van der Waals surface area contributed by atoms with Gasteiger partial charge in [-0.15, -0.1) is 0 Å². The topological polar surface area (TPSA) is 37.1 Å². The minimum atomic E-state index is -3.21. The third-order valence-electron chi connectivity index (χ3n) is 4.34. The molecule has 110 valence electrons. The number of hydrogen-bond donors (Lipinski definition) is 1. The number of hydrogen-bond acceptors (Lipinski definition) is 3. The van der Waals surface area contributed by atoms with Gasteiger partial charge in [-0.2, -0.15) is 12.6 Å². The van der Waals surface area contributed by atoms with E-state index >= 15 is 0 Å². The van der Waals surface area contributed by atoms with Gasteiger partial charge in [0.25, 0.3) is 0 Å². The van der Waals surface area contributed by atoms with Gasteiger partial charge in [0.1, 0.15) is 7.05 Å². The van der Waals surface area contributed by atoms with Crippen LogP contribution in [0.1, 0.15) is 32.8 Å². The molecular weight excluding hydrogens is 290 g/mol. The van der Waals surface area contributed by atoms with E-state index in [-0.39, 0.29) is 11.2 Å². The second-order valence-electron chi connectivity index (χ2n) is 5.84. The number of nitrogens with zero attached hydrogens (tertiary/aromatic N) is 1. The highest BCUT2D eigenvalue weighted by atomic mass is 32.2. The van der Waals surface area contributed by atoms with Crippen LogP contribution in [0, 0.1) is 0 Å². The zero-order chi connectivity index (χ0) is 15.1. The summed E-state index contributed by atoms with van der Waals surface area (Å²) in [6.45, 7) is 6.36. The summed E-state index contributed by atoms with van der Waals surface area (Å²) in [5, 5.41) is 0. The van der Waals surface area contributed by atoms with Gasteiger partial charge in [0, 0.05) is 18.6 Å². The lowest BCUT2D eigenvalue weighted by molar-refractivity contribution is -0.403. The Hall–Kier alpha value is -0.810. The average molecular weight is 312 g/mol. The van der Waals surface area contributed by atoms with Gasteiger partial charge in [0.2, 0.25) is 5.69 Å². The Kier molecular flexibility index (Phi) is 4.04. The summed E-state index contributed by atoms with van der Waals surface area (Å²) < 4.78 is 26.8. The Morgan fingerprint density at radius 3 is 2.55 bits per heavy atom. The summed E-state index contributed by atoms with van der Waals surface area (Å²) in [7, 11) is -1.18. The van der Waals surface area contributed by atoms with Gasteiger partial charge < -0.3 is 0 Å². The first-order valence-corrected chi connectivity index (χ1v) is 9.06. The molecule has 0 unspecified atom stereocenters. The molecule has 0 aromatic heterocycles. The van der Waals surface area contributed by atoms with Crippen LogP contribution in [0.15, 0.2) is 23.1 Å². The van der Waals surface area contributed by atoms with E-state index in [4.69, 9.17) is 0 Å². The van der Waals surface area contributed by atoms with E-state index in [0.29, 0.717) is 17.1 Å². The minimum absolute atomic E-state index is 0.126. The first-order chi connectivity index (χ1) is 9.21. The van der Waals surface area contributed by atoms with Gasteiger partial charge in [-0.3, -0.25) is 0 Å². The van der Waals surface area contributed by atoms with Crippen LogP contribution < -0.4 is 0 Å². The molecule has 2 rings (SSSR count). The summed E-state index contributed by atoms with van der Waals surface area (Å²) in [5.74, 6) is 0.750. The molecular formula is C15H22NO2S2+. The molecule has 1 heterocycles. The van der Waals surface area contributed by atoms with Crippen molar-refractivity contribution >= 4 is 33.9 Å². The van der Waals surface area contributed by atoms with Crippen molar-refractivity contribution in [2.75, 3.05) is 18.6 Å². The van der Waals surface area contributed by atoms with Crippen LogP contribution in [0.4, 0.5) is 5.69 Å². The van der Waals surface area contributed by atoms with Gasteiger partial charge in [-0.05, 0) is 38.2 Å². The maximum atomic E-state index is 12.3. The molecule has 1 aromatic rings. The van der Waals surface area contributed by atoms with Crippen LogP contribution in [-0.2, 0) is 15.3 Å². The quantitative estimate of drug-likeness (QED) is 0.686. The van der Waals surface area contributed by atoms with Crippen LogP contribution in [0.25, 0.3) is 0 Å². The van der Waals surface area contributed by atoms with Crippen molar-refractivity contribution < 1.29 is 13.0 Å². The molecule has 0 amide bonds. The van der Waals surface area contributed by atoms with Crippen LogP contribution in [0.2, 0.25) is 0 Å². The molecule has 0 spiro atoms. The molecule has 20 heavy (non-hydrogen) atoms. The van der Waals surface area contributed by atoms with E-state index in [2.05, 4.69) is 38.0 Å². The number of sulfone groups is 1. The molecule has 0 N–H and O–H groups in total. The summed E-state index contributed by atoms with van der Waals surface area (Å²) in [5.41, 5.74) is 3.29. The zero-order valence-corrected chi connectivity index (χ0v) is 14.2. The highest BCUT2D eigenvalue weighted by Gasteiger charge is 2.42. The highest BCUT2D eigenvalue weighted by Crippen LogP contribution is 2.39. The van der Waals surface area contributed by atoms with Gasteiger partial charge in [-0.25, -0.2) is 13.0 Å². The zero-order valence-electron chi connectivity index (χ0n) is 12.5. The largest absolute Gasteiger partial charge is 0.224 e. The van der Waals surface area contributed by atoms with Crippen LogP contribution >= 0.6 is 12.6 Å². The van der Waals surface area contributed by atoms with Crippen LogP contribution in [0.3, 0.4) is 0 Å². The van der Waals surface area contributed by atoms with Gasteiger partial charge >= 0.3 is 0 Å². The third kappa shape index (κ3) is 2.42. The molecule has 5 heteroatoms. The molecule has 0 atom stereocenters. The predicted octanol–water partition coefficient (Wildman–Crippen LogP) is 2.81. The summed E-state index contributed by atoms with van der Waals surface area (Å²) in [4.78, 5) is 0.425. The fraction of sp³-hybridized carbons (Fsp3) is 0.533. The number of rotatable bonds is 4. The van der Waals surface area contributed by atoms with Crippen molar-refractivity contribution in [3.8, 4) is 0 Å². The lowest BCUT2D eigenvalue weighted by Gasteiger charge is -2.15. The normalized spacial score (nSPS) is 17.4. The summed E-state index contributed by atoms with van der Waals surface area (Å²) in [6.07, 6.45) is 0.580. The molecule has 0 radical (unpaired) electrons. The Bertz CT molecular complexity index is 673. The second kappa shape index (κ2) is 5.19. The molecule has 0 bridgehead atoms. The first kappa shape index (κ1) is 15.6. The summed E-state index contributed by atoms with van der Waals surface area (Å²) >= 11 is 4.09. The lowest BCUT2D eigenvalue weighted by Crippen LogP contribution is -2.25. The molecule has 0 saturated carbocycles. The monoisotopic (exact) mass is 312 g/mol. The lowest BCUT2D eigenvalue weighted by atomic mass is 9.82. The maximum Gasteiger partial charge on any atom is 0.209 e.